The van der Waals surface area contributed by atoms with E-state index in [-0.39, 0.29) is 6.04 Å². The maximum atomic E-state index is 5.88. The SMILES string of the molecule is CCNC1c2ccccc2OCC1Sc1cnccn1. The van der Waals surface area contributed by atoms with E-state index in [0.717, 1.165) is 17.3 Å². The lowest BCUT2D eigenvalue weighted by atomic mass is 10.0. The van der Waals surface area contributed by atoms with Gasteiger partial charge in [-0.15, -0.1) is 0 Å². The van der Waals surface area contributed by atoms with Gasteiger partial charge in [-0.3, -0.25) is 4.98 Å². The molecule has 2 aromatic rings. The van der Waals surface area contributed by atoms with Gasteiger partial charge in [0, 0.05) is 18.0 Å². The number of aromatic nitrogens is 2. The summed E-state index contributed by atoms with van der Waals surface area (Å²) in [4.78, 5) is 8.46. The number of hydrogen-bond acceptors (Lipinski definition) is 5. The van der Waals surface area contributed by atoms with Crippen LogP contribution in [0.2, 0.25) is 0 Å². The summed E-state index contributed by atoms with van der Waals surface area (Å²) in [6.07, 6.45) is 5.22. The van der Waals surface area contributed by atoms with Crippen LogP contribution in [0.5, 0.6) is 5.75 Å². The zero-order valence-corrected chi connectivity index (χ0v) is 12.1. The van der Waals surface area contributed by atoms with Gasteiger partial charge in [-0.2, -0.15) is 0 Å². The predicted molar refractivity (Wildman–Crippen MR) is 80.0 cm³/mol. The molecule has 104 valence electrons. The molecule has 1 aliphatic heterocycles. The summed E-state index contributed by atoms with van der Waals surface area (Å²) in [5.41, 5.74) is 1.22. The Hall–Kier alpha value is -1.59. The Balaban J connectivity index is 1.84. The number of ether oxygens (including phenoxy) is 1. The van der Waals surface area contributed by atoms with Gasteiger partial charge < -0.3 is 10.1 Å². The monoisotopic (exact) mass is 287 g/mol. The first-order chi connectivity index (χ1) is 9.88. The first kappa shape index (κ1) is 13.4. The van der Waals surface area contributed by atoms with Crippen LogP contribution in [0.25, 0.3) is 0 Å². The standard InChI is InChI=1S/C15H17N3OS/c1-2-17-15-11-5-3-4-6-12(11)19-10-13(15)20-14-9-16-7-8-18-14/h3-9,13,15,17H,2,10H2,1H3. The molecule has 1 aromatic heterocycles. The second-order valence-electron chi connectivity index (χ2n) is 4.58. The lowest BCUT2D eigenvalue weighted by Gasteiger charge is -2.33. The lowest BCUT2D eigenvalue weighted by molar-refractivity contribution is 0.261. The molecule has 2 heterocycles. The van der Waals surface area contributed by atoms with Gasteiger partial charge in [0.15, 0.2) is 0 Å². The molecular formula is C15H17N3OS. The van der Waals surface area contributed by atoms with Crippen molar-refractivity contribution in [3.8, 4) is 5.75 Å². The molecule has 5 heteroatoms. The molecule has 1 aliphatic rings. The van der Waals surface area contributed by atoms with Crippen LogP contribution in [0.3, 0.4) is 0 Å². The Bertz CT molecular complexity index is 564. The van der Waals surface area contributed by atoms with E-state index in [1.54, 1.807) is 30.4 Å². The van der Waals surface area contributed by atoms with Gasteiger partial charge in [-0.25, -0.2) is 4.98 Å². The lowest BCUT2D eigenvalue weighted by Crippen LogP contribution is -2.37. The molecule has 0 spiro atoms. The van der Waals surface area contributed by atoms with Crippen molar-refractivity contribution < 1.29 is 4.74 Å². The van der Waals surface area contributed by atoms with Crippen molar-refractivity contribution in [3.63, 3.8) is 0 Å². The predicted octanol–water partition coefficient (Wildman–Crippen LogP) is 2.68. The molecule has 0 amide bonds. The second-order valence-corrected chi connectivity index (χ2v) is 5.84. The quantitative estimate of drug-likeness (QED) is 0.937. The number of nitrogens with one attached hydrogen (secondary N) is 1. The van der Waals surface area contributed by atoms with Gasteiger partial charge in [0.25, 0.3) is 0 Å². The summed E-state index contributed by atoms with van der Waals surface area (Å²) in [6.45, 7) is 3.73. The second kappa shape index (κ2) is 6.24. The summed E-state index contributed by atoms with van der Waals surface area (Å²) in [5, 5.41) is 4.79. The van der Waals surface area contributed by atoms with Crippen molar-refractivity contribution in [2.75, 3.05) is 13.2 Å². The minimum atomic E-state index is 0.275. The Morgan fingerprint density at radius 2 is 2.25 bits per heavy atom. The molecule has 0 radical (unpaired) electrons. The minimum Gasteiger partial charge on any atom is -0.492 e. The molecule has 2 unspecified atom stereocenters. The summed E-state index contributed by atoms with van der Waals surface area (Å²) < 4.78 is 5.88. The maximum Gasteiger partial charge on any atom is 0.124 e. The van der Waals surface area contributed by atoms with Crippen LogP contribution in [0, 0.1) is 0 Å². The van der Waals surface area contributed by atoms with Crippen molar-refractivity contribution in [2.24, 2.45) is 0 Å². The number of nitrogens with zero attached hydrogens (tertiary/aromatic N) is 2. The van der Waals surface area contributed by atoms with E-state index in [9.17, 15) is 0 Å². The largest absolute Gasteiger partial charge is 0.492 e. The van der Waals surface area contributed by atoms with Crippen LogP contribution >= 0.6 is 11.8 Å². The highest BCUT2D eigenvalue weighted by molar-refractivity contribution is 7.99. The highest BCUT2D eigenvalue weighted by atomic mass is 32.2. The van der Waals surface area contributed by atoms with Gasteiger partial charge >= 0.3 is 0 Å². The molecule has 4 nitrogen and oxygen atoms in total. The van der Waals surface area contributed by atoms with Crippen LogP contribution in [0.15, 0.2) is 47.9 Å². The van der Waals surface area contributed by atoms with Gasteiger partial charge in [-0.1, -0.05) is 36.9 Å². The van der Waals surface area contributed by atoms with E-state index in [4.69, 9.17) is 4.74 Å². The van der Waals surface area contributed by atoms with Gasteiger partial charge in [-0.05, 0) is 12.6 Å². The fourth-order valence-electron chi connectivity index (χ4n) is 2.40. The molecule has 1 N–H and O–H groups in total. The smallest absolute Gasteiger partial charge is 0.124 e. The first-order valence-electron chi connectivity index (χ1n) is 6.76. The molecule has 20 heavy (non-hydrogen) atoms. The highest BCUT2D eigenvalue weighted by Gasteiger charge is 2.31. The average Bonchev–Trinajstić information content (AvgIpc) is 2.51. The van der Waals surface area contributed by atoms with E-state index in [1.165, 1.54) is 5.56 Å². The van der Waals surface area contributed by atoms with E-state index in [2.05, 4.69) is 34.3 Å². The molecule has 0 saturated carbocycles. The minimum absolute atomic E-state index is 0.275. The first-order valence-corrected chi connectivity index (χ1v) is 7.64. The molecule has 0 fully saturated rings. The Morgan fingerprint density at radius 1 is 1.35 bits per heavy atom. The van der Waals surface area contributed by atoms with Gasteiger partial charge in [0.1, 0.15) is 17.4 Å². The number of para-hydroxylation sites is 1. The normalized spacial score (nSPS) is 21.1. The molecular weight excluding hydrogens is 270 g/mol. The van der Waals surface area contributed by atoms with Crippen LogP contribution < -0.4 is 10.1 Å². The Labute approximate surface area is 123 Å². The van der Waals surface area contributed by atoms with Crippen molar-refractivity contribution in [2.45, 2.75) is 23.2 Å². The Kier molecular flexibility index (Phi) is 4.18. The van der Waals surface area contributed by atoms with Crippen LogP contribution in [0.4, 0.5) is 0 Å². The summed E-state index contributed by atoms with van der Waals surface area (Å²) in [7, 11) is 0. The molecule has 3 rings (SSSR count). The molecule has 0 aliphatic carbocycles. The molecule has 0 saturated heterocycles. The number of hydrogen-bond donors (Lipinski definition) is 1. The van der Waals surface area contributed by atoms with Crippen LogP contribution in [-0.2, 0) is 0 Å². The van der Waals surface area contributed by atoms with Crippen molar-refractivity contribution in [3.05, 3.63) is 48.4 Å². The van der Waals surface area contributed by atoms with Gasteiger partial charge in [0.2, 0.25) is 0 Å². The number of rotatable bonds is 4. The van der Waals surface area contributed by atoms with Crippen molar-refractivity contribution in [1.82, 2.24) is 15.3 Å². The number of thioether (sulfide) groups is 1. The third kappa shape index (κ3) is 2.78. The van der Waals surface area contributed by atoms with E-state index < -0.39 is 0 Å². The van der Waals surface area contributed by atoms with Gasteiger partial charge in [0.05, 0.1) is 17.5 Å². The Morgan fingerprint density at radius 3 is 3.05 bits per heavy atom. The fourth-order valence-corrected chi connectivity index (χ4v) is 3.47. The summed E-state index contributed by atoms with van der Waals surface area (Å²) >= 11 is 1.72. The molecule has 0 bridgehead atoms. The zero-order chi connectivity index (χ0) is 13.8. The topological polar surface area (TPSA) is 47.0 Å². The molecule has 2 atom stereocenters. The average molecular weight is 287 g/mol. The number of benzene rings is 1. The van der Waals surface area contributed by atoms with E-state index in [1.807, 2.05) is 12.1 Å². The molecule has 1 aromatic carbocycles. The van der Waals surface area contributed by atoms with Crippen molar-refractivity contribution >= 4 is 11.8 Å². The van der Waals surface area contributed by atoms with Crippen molar-refractivity contribution in [1.29, 1.82) is 0 Å². The van der Waals surface area contributed by atoms with E-state index >= 15 is 0 Å². The van der Waals surface area contributed by atoms with E-state index in [0.29, 0.717) is 11.9 Å². The third-order valence-electron chi connectivity index (χ3n) is 3.26. The summed E-state index contributed by atoms with van der Waals surface area (Å²) in [6, 6.07) is 8.51. The van der Waals surface area contributed by atoms with Crippen LogP contribution in [0.1, 0.15) is 18.5 Å². The maximum absolute atomic E-state index is 5.88. The van der Waals surface area contributed by atoms with Crippen LogP contribution in [-0.4, -0.2) is 28.4 Å². The third-order valence-corrected chi connectivity index (χ3v) is 4.43. The zero-order valence-electron chi connectivity index (χ0n) is 11.3. The highest BCUT2D eigenvalue weighted by Crippen LogP contribution is 2.39. The summed E-state index contributed by atoms with van der Waals surface area (Å²) in [5.74, 6) is 0.981. The number of fused-ring (bicyclic) bond motifs is 1. The fraction of sp³-hybridized carbons (Fsp3) is 0.333.